The van der Waals surface area contributed by atoms with Crippen molar-refractivity contribution >= 4 is 21.6 Å². The zero-order valence-electron chi connectivity index (χ0n) is 18.6. The molecule has 1 N–H and O–H groups in total. The van der Waals surface area contributed by atoms with Crippen LogP contribution >= 0.6 is 0 Å². The summed E-state index contributed by atoms with van der Waals surface area (Å²) in [6, 6.07) is 9.83. The topological polar surface area (TPSA) is 84.9 Å². The molecule has 1 aliphatic heterocycles. The van der Waals surface area contributed by atoms with Gasteiger partial charge in [-0.1, -0.05) is 30.7 Å². The van der Waals surface area contributed by atoms with Crippen LogP contribution in [0.15, 0.2) is 36.4 Å². The number of rotatable bonds is 7. The molecule has 8 heteroatoms. The first-order valence-electron chi connectivity index (χ1n) is 10.4. The van der Waals surface area contributed by atoms with Gasteiger partial charge in [0.05, 0.1) is 18.0 Å². The zero-order valence-corrected chi connectivity index (χ0v) is 19.5. The summed E-state index contributed by atoms with van der Waals surface area (Å²) in [7, 11) is -3.73. The fourth-order valence-electron chi connectivity index (χ4n) is 3.89. The first-order valence-corrected chi connectivity index (χ1v) is 12.2. The van der Waals surface area contributed by atoms with Crippen LogP contribution in [0.2, 0.25) is 0 Å². The Balaban J connectivity index is 1.87. The lowest BCUT2D eigenvalue weighted by Gasteiger charge is -2.31. The van der Waals surface area contributed by atoms with Crippen molar-refractivity contribution in [3.8, 4) is 11.5 Å². The lowest BCUT2D eigenvalue weighted by atomic mass is 9.97. The van der Waals surface area contributed by atoms with Gasteiger partial charge in [-0.25, -0.2) is 8.42 Å². The molecule has 7 nitrogen and oxygen atoms in total. The Labute approximate surface area is 184 Å². The summed E-state index contributed by atoms with van der Waals surface area (Å²) in [5, 5.41) is 3.03. The fourth-order valence-corrected chi connectivity index (χ4v) is 5.05. The van der Waals surface area contributed by atoms with E-state index < -0.39 is 16.1 Å². The number of nitrogens with one attached hydrogen (secondary N) is 1. The molecule has 0 radical (unpaired) electrons. The molecule has 1 amide bonds. The number of anilines is 1. The van der Waals surface area contributed by atoms with Crippen LogP contribution in [0.25, 0.3) is 0 Å². The van der Waals surface area contributed by atoms with Gasteiger partial charge in [-0.15, -0.1) is 0 Å². The molecule has 1 aliphatic rings. The highest BCUT2D eigenvalue weighted by molar-refractivity contribution is 7.92. The molecule has 0 aliphatic carbocycles. The number of carbonyl (C=O) groups is 1. The van der Waals surface area contributed by atoms with E-state index in [4.69, 9.17) is 9.47 Å². The summed E-state index contributed by atoms with van der Waals surface area (Å²) in [5.41, 5.74) is 3.62. The van der Waals surface area contributed by atoms with Crippen LogP contribution in [0.1, 0.15) is 43.0 Å². The van der Waals surface area contributed by atoms with Gasteiger partial charge in [0.1, 0.15) is 19.3 Å². The molecular weight excluding hydrogens is 416 g/mol. The number of nitrogens with zero attached hydrogens (tertiary/aromatic N) is 1. The van der Waals surface area contributed by atoms with Crippen molar-refractivity contribution in [3.05, 3.63) is 53.1 Å². The molecule has 1 heterocycles. The SMILES string of the molecule is CC[C@@H](NC(=O)[C@@H](C)N(c1ccc2c(c1)OCCO2)S(C)(=O)=O)c1ccc(C)cc1C. The van der Waals surface area contributed by atoms with Gasteiger partial charge in [0.25, 0.3) is 0 Å². The number of ether oxygens (including phenoxy) is 2. The monoisotopic (exact) mass is 446 g/mol. The van der Waals surface area contributed by atoms with Crippen LogP contribution in [-0.4, -0.2) is 39.8 Å². The van der Waals surface area contributed by atoms with E-state index in [0.29, 0.717) is 36.8 Å². The Kier molecular flexibility index (Phi) is 6.79. The van der Waals surface area contributed by atoms with Gasteiger partial charge in [0.15, 0.2) is 11.5 Å². The van der Waals surface area contributed by atoms with Gasteiger partial charge < -0.3 is 14.8 Å². The quantitative estimate of drug-likeness (QED) is 0.704. The number of hydrogen-bond acceptors (Lipinski definition) is 5. The second-order valence-electron chi connectivity index (χ2n) is 7.89. The molecule has 0 aromatic heterocycles. The van der Waals surface area contributed by atoms with Crippen molar-refractivity contribution < 1.29 is 22.7 Å². The largest absolute Gasteiger partial charge is 0.486 e. The predicted molar refractivity (Wildman–Crippen MR) is 121 cm³/mol. The van der Waals surface area contributed by atoms with Crippen molar-refractivity contribution in [2.75, 3.05) is 23.8 Å². The standard InChI is InChI=1S/C23H30N2O5S/c1-6-20(19-9-7-15(2)13-16(19)3)24-23(26)17(4)25(31(5,27)28)18-8-10-21-22(14-18)30-12-11-29-21/h7-10,13-14,17,20H,6,11-12H2,1-5H3,(H,24,26)/t17-,20-/m1/s1. The molecule has 31 heavy (non-hydrogen) atoms. The number of carbonyl (C=O) groups excluding carboxylic acids is 1. The third-order valence-electron chi connectivity index (χ3n) is 5.39. The Bertz CT molecular complexity index is 1070. The minimum atomic E-state index is -3.73. The van der Waals surface area contributed by atoms with Crippen LogP contribution in [0.5, 0.6) is 11.5 Å². The highest BCUT2D eigenvalue weighted by Crippen LogP contribution is 2.35. The van der Waals surface area contributed by atoms with Crippen LogP contribution in [0, 0.1) is 13.8 Å². The molecule has 2 aromatic carbocycles. The van der Waals surface area contributed by atoms with Gasteiger partial charge >= 0.3 is 0 Å². The van der Waals surface area contributed by atoms with Gasteiger partial charge in [-0.05, 0) is 50.5 Å². The smallest absolute Gasteiger partial charge is 0.244 e. The summed E-state index contributed by atoms with van der Waals surface area (Å²) in [6.45, 7) is 8.44. The van der Waals surface area contributed by atoms with Crippen LogP contribution in [-0.2, 0) is 14.8 Å². The maximum absolute atomic E-state index is 13.1. The van der Waals surface area contributed by atoms with E-state index in [1.54, 1.807) is 25.1 Å². The number of hydrogen-bond donors (Lipinski definition) is 1. The van der Waals surface area contributed by atoms with E-state index in [-0.39, 0.29) is 11.9 Å². The fraction of sp³-hybridized carbons (Fsp3) is 0.435. The van der Waals surface area contributed by atoms with E-state index in [2.05, 4.69) is 11.4 Å². The normalized spacial score (nSPS) is 15.1. The van der Waals surface area contributed by atoms with E-state index in [0.717, 1.165) is 27.3 Å². The second kappa shape index (κ2) is 9.18. The Morgan fingerprint density at radius 3 is 2.39 bits per heavy atom. The van der Waals surface area contributed by atoms with Crippen LogP contribution < -0.4 is 19.1 Å². The van der Waals surface area contributed by atoms with Crippen molar-refractivity contribution in [3.63, 3.8) is 0 Å². The molecule has 0 unspecified atom stereocenters. The molecule has 168 valence electrons. The number of aryl methyl sites for hydroxylation is 2. The molecule has 0 saturated heterocycles. The molecular formula is C23H30N2O5S. The molecule has 0 spiro atoms. The summed E-state index contributed by atoms with van der Waals surface area (Å²) >= 11 is 0. The lowest BCUT2D eigenvalue weighted by Crippen LogP contribution is -2.48. The highest BCUT2D eigenvalue weighted by Gasteiger charge is 2.31. The van der Waals surface area contributed by atoms with E-state index in [9.17, 15) is 13.2 Å². The van der Waals surface area contributed by atoms with E-state index in [1.807, 2.05) is 32.9 Å². The van der Waals surface area contributed by atoms with E-state index in [1.165, 1.54) is 0 Å². The summed E-state index contributed by atoms with van der Waals surface area (Å²) < 4.78 is 37.5. The summed E-state index contributed by atoms with van der Waals surface area (Å²) in [6.07, 6.45) is 1.78. The number of benzene rings is 2. The first-order chi connectivity index (χ1) is 14.6. The minimum Gasteiger partial charge on any atom is -0.486 e. The van der Waals surface area contributed by atoms with Crippen molar-refractivity contribution in [1.29, 1.82) is 0 Å². The predicted octanol–water partition coefficient (Wildman–Crippen LogP) is 3.50. The number of sulfonamides is 1. The first kappa shape index (κ1) is 22.9. The molecule has 2 aromatic rings. The zero-order chi connectivity index (χ0) is 22.8. The Hall–Kier alpha value is -2.74. The van der Waals surface area contributed by atoms with Crippen molar-refractivity contribution in [1.82, 2.24) is 5.32 Å². The van der Waals surface area contributed by atoms with Gasteiger partial charge in [-0.2, -0.15) is 0 Å². The van der Waals surface area contributed by atoms with Gasteiger partial charge in [0, 0.05) is 6.07 Å². The van der Waals surface area contributed by atoms with Crippen molar-refractivity contribution in [2.45, 2.75) is 46.2 Å². The molecule has 3 rings (SSSR count). The average Bonchev–Trinajstić information content (AvgIpc) is 2.71. The minimum absolute atomic E-state index is 0.211. The van der Waals surface area contributed by atoms with Gasteiger partial charge in [0.2, 0.25) is 15.9 Å². The Morgan fingerprint density at radius 2 is 1.77 bits per heavy atom. The molecule has 0 saturated carbocycles. The highest BCUT2D eigenvalue weighted by atomic mass is 32.2. The number of amides is 1. The van der Waals surface area contributed by atoms with Crippen LogP contribution in [0.4, 0.5) is 5.69 Å². The number of fused-ring (bicyclic) bond motifs is 1. The molecule has 0 bridgehead atoms. The third kappa shape index (κ3) is 5.12. The molecule has 0 fully saturated rings. The van der Waals surface area contributed by atoms with E-state index >= 15 is 0 Å². The summed E-state index contributed by atoms with van der Waals surface area (Å²) in [5.74, 6) is 0.653. The lowest BCUT2D eigenvalue weighted by molar-refractivity contribution is -0.122. The maximum Gasteiger partial charge on any atom is 0.244 e. The maximum atomic E-state index is 13.1. The average molecular weight is 447 g/mol. The summed E-state index contributed by atoms with van der Waals surface area (Å²) in [4.78, 5) is 13.1. The van der Waals surface area contributed by atoms with Crippen LogP contribution in [0.3, 0.4) is 0 Å². The Morgan fingerprint density at radius 1 is 1.10 bits per heavy atom. The van der Waals surface area contributed by atoms with Crippen molar-refractivity contribution in [2.24, 2.45) is 0 Å². The molecule has 2 atom stereocenters. The van der Waals surface area contributed by atoms with Gasteiger partial charge in [-0.3, -0.25) is 9.10 Å². The second-order valence-corrected chi connectivity index (χ2v) is 9.75. The third-order valence-corrected chi connectivity index (χ3v) is 6.64.